The van der Waals surface area contributed by atoms with Gasteiger partial charge in [0.05, 0.1) is 28.1 Å². The second kappa shape index (κ2) is 11.5. The van der Waals surface area contributed by atoms with E-state index >= 15 is 0 Å². The second-order valence-electron chi connectivity index (χ2n) is 6.10. The van der Waals surface area contributed by atoms with E-state index in [4.69, 9.17) is 4.74 Å². The molecule has 0 unspecified atom stereocenters. The van der Waals surface area contributed by atoms with Gasteiger partial charge in [0, 0.05) is 21.5 Å². The van der Waals surface area contributed by atoms with Gasteiger partial charge in [0.25, 0.3) is 11.4 Å². The lowest BCUT2D eigenvalue weighted by molar-refractivity contribution is -0.394. The van der Waals surface area contributed by atoms with Crippen LogP contribution in [0.4, 0.5) is 11.4 Å². The summed E-state index contributed by atoms with van der Waals surface area (Å²) in [5, 5.41) is 21.7. The van der Waals surface area contributed by atoms with Crippen LogP contribution >= 0.6 is 27.7 Å². The summed E-state index contributed by atoms with van der Waals surface area (Å²) < 4.78 is 6.14. The molecule has 154 valence electrons. The molecule has 0 N–H and O–H groups in total. The quantitative estimate of drug-likeness (QED) is 0.131. The van der Waals surface area contributed by atoms with Crippen molar-refractivity contribution >= 4 is 45.0 Å². The van der Waals surface area contributed by atoms with E-state index in [1.54, 1.807) is 11.8 Å². The van der Waals surface area contributed by atoms with Crippen LogP contribution in [0.25, 0.3) is 0 Å². The van der Waals surface area contributed by atoms with E-state index in [1.165, 1.54) is 4.90 Å². The number of thioether (sulfide) groups is 1. The average molecular weight is 483 g/mol. The van der Waals surface area contributed by atoms with Crippen LogP contribution in [0.1, 0.15) is 36.0 Å². The lowest BCUT2D eigenvalue weighted by Crippen LogP contribution is -2.08. The first-order valence-corrected chi connectivity index (χ1v) is 10.6. The van der Waals surface area contributed by atoms with Crippen LogP contribution in [0.2, 0.25) is 0 Å². The van der Waals surface area contributed by atoms with Crippen molar-refractivity contribution in [1.29, 1.82) is 0 Å². The molecule has 2 aromatic carbocycles. The zero-order valence-electron chi connectivity index (χ0n) is 15.4. The Bertz CT molecular complexity index is 843. The van der Waals surface area contributed by atoms with Gasteiger partial charge in [-0.25, -0.2) is 4.79 Å². The van der Waals surface area contributed by atoms with Crippen molar-refractivity contribution in [3.05, 3.63) is 72.7 Å². The number of benzene rings is 2. The topological polar surface area (TPSA) is 113 Å². The number of ether oxygens (including phenoxy) is 1. The Morgan fingerprint density at radius 3 is 2.10 bits per heavy atom. The summed E-state index contributed by atoms with van der Waals surface area (Å²) in [5.74, 6) is 0.196. The number of nitrogens with zero attached hydrogens (tertiary/aromatic N) is 2. The number of halogens is 1. The van der Waals surface area contributed by atoms with E-state index in [1.807, 2.05) is 12.1 Å². The zero-order chi connectivity index (χ0) is 21.2. The number of unbranched alkanes of at least 4 members (excludes halogenated alkanes) is 3. The molecule has 0 atom stereocenters. The molecule has 0 aromatic heterocycles. The molecule has 0 saturated carbocycles. The number of carbonyl (C=O) groups is 1. The molecule has 0 spiro atoms. The molecule has 0 saturated heterocycles. The maximum atomic E-state index is 12.0. The Morgan fingerprint density at radius 2 is 1.52 bits per heavy atom. The highest BCUT2D eigenvalue weighted by Gasteiger charge is 2.20. The minimum absolute atomic E-state index is 0.162. The second-order valence-corrected chi connectivity index (χ2v) is 8.19. The standard InChI is InChI=1S/C19H19BrN2O6S/c20-15-5-7-18(8-6-15)29-10-4-2-1-3-9-28-19(23)14-11-16(21(24)25)13-17(12-14)22(26)27/h5-8,11-13H,1-4,9-10H2. The molecule has 10 heteroatoms. The Kier molecular flexibility index (Phi) is 9.07. The molecule has 0 radical (unpaired) electrons. The Hall–Kier alpha value is -2.46. The molecule has 0 aliphatic rings. The van der Waals surface area contributed by atoms with Crippen molar-refractivity contribution in [3.8, 4) is 0 Å². The smallest absolute Gasteiger partial charge is 0.338 e. The van der Waals surface area contributed by atoms with Crippen molar-refractivity contribution in [2.45, 2.75) is 30.6 Å². The van der Waals surface area contributed by atoms with Crippen LogP contribution in [-0.2, 0) is 4.74 Å². The Balaban J connectivity index is 1.68. The van der Waals surface area contributed by atoms with E-state index < -0.39 is 27.2 Å². The molecule has 2 aromatic rings. The van der Waals surface area contributed by atoms with Gasteiger partial charge in [0.2, 0.25) is 0 Å². The number of hydrogen-bond donors (Lipinski definition) is 0. The SMILES string of the molecule is O=C(OCCCCCCSc1ccc(Br)cc1)c1cc([N+](=O)[O-])cc([N+](=O)[O-])c1. The third-order valence-corrected chi connectivity index (χ3v) is 5.54. The van der Waals surface area contributed by atoms with Crippen molar-refractivity contribution < 1.29 is 19.4 Å². The third kappa shape index (κ3) is 7.82. The molecule has 0 bridgehead atoms. The Labute approximate surface area is 180 Å². The van der Waals surface area contributed by atoms with Crippen molar-refractivity contribution in [2.75, 3.05) is 12.4 Å². The van der Waals surface area contributed by atoms with E-state index in [0.29, 0.717) is 6.42 Å². The summed E-state index contributed by atoms with van der Waals surface area (Å²) in [7, 11) is 0. The predicted molar refractivity (Wildman–Crippen MR) is 113 cm³/mol. The van der Waals surface area contributed by atoms with Gasteiger partial charge in [-0.2, -0.15) is 0 Å². The lowest BCUT2D eigenvalue weighted by atomic mass is 10.1. The molecule has 8 nitrogen and oxygen atoms in total. The number of nitro benzene ring substituents is 2. The summed E-state index contributed by atoms with van der Waals surface area (Å²) >= 11 is 5.19. The summed E-state index contributed by atoms with van der Waals surface area (Å²) in [6, 6.07) is 10.9. The van der Waals surface area contributed by atoms with E-state index in [2.05, 4.69) is 28.1 Å². The highest BCUT2D eigenvalue weighted by atomic mass is 79.9. The van der Waals surface area contributed by atoms with Gasteiger partial charge >= 0.3 is 5.97 Å². The molecular weight excluding hydrogens is 464 g/mol. The largest absolute Gasteiger partial charge is 0.462 e. The number of hydrogen-bond acceptors (Lipinski definition) is 7. The van der Waals surface area contributed by atoms with Crippen LogP contribution in [-0.4, -0.2) is 28.2 Å². The van der Waals surface area contributed by atoms with E-state index in [-0.39, 0.29) is 12.2 Å². The van der Waals surface area contributed by atoms with Gasteiger partial charge in [0.1, 0.15) is 0 Å². The van der Waals surface area contributed by atoms with Crippen LogP contribution in [0.15, 0.2) is 51.8 Å². The fourth-order valence-corrected chi connectivity index (χ4v) is 3.63. The monoisotopic (exact) mass is 482 g/mol. The molecular formula is C19H19BrN2O6S. The van der Waals surface area contributed by atoms with Gasteiger partial charge in [0.15, 0.2) is 0 Å². The maximum absolute atomic E-state index is 12.0. The van der Waals surface area contributed by atoms with E-state index in [9.17, 15) is 25.0 Å². The number of rotatable bonds is 11. The normalized spacial score (nSPS) is 10.5. The first kappa shape index (κ1) is 22.8. The molecule has 0 fully saturated rings. The van der Waals surface area contributed by atoms with Crippen molar-refractivity contribution in [2.24, 2.45) is 0 Å². The van der Waals surface area contributed by atoms with Gasteiger partial charge in [-0.05, 0) is 42.9 Å². The zero-order valence-corrected chi connectivity index (χ0v) is 17.8. The molecule has 0 aliphatic heterocycles. The van der Waals surface area contributed by atoms with Crippen LogP contribution < -0.4 is 0 Å². The van der Waals surface area contributed by atoms with Gasteiger partial charge < -0.3 is 4.74 Å². The number of nitro groups is 2. The number of non-ortho nitro benzene ring substituents is 2. The first-order valence-electron chi connectivity index (χ1n) is 8.86. The van der Waals surface area contributed by atoms with Gasteiger partial charge in [-0.3, -0.25) is 20.2 Å². The highest BCUT2D eigenvalue weighted by molar-refractivity contribution is 9.10. The molecule has 0 aliphatic carbocycles. The number of carbonyl (C=O) groups excluding carboxylic acids is 1. The summed E-state index contributed by atoms with van der Waals surface area (Å²) in [6.45, 7) is 0.162. The third-order valence-electron chi connectivity index (χ3n) is 3.91. The van der Waals surface area contributed by atoms with Crippen LogP contribution in [0.5, 0.6) is 0 Å². The average Bonchev–Trinajstić information content (AvgIpc) is 2.70. The Morgan fingerprint density at radius 1 is 0.931 bits per heavy atom. The van der Waals surface area contributed by atoms with Crippen molar-refractivity contribution in [3.63, 3.8) is 0 Å². The lowest BCUT2D eigenvalue weighted by Gasteiger charge is -2.05. The highest BCUT2D eigenvalue weighted by Crippen LogP contribution is 2.24. The molecule has 29 heavy (non-hydrogen) atoms. The minimum atomic E-state index is -0.803. The van der Waals surface area contributed by atoms with Gasteiger partial charge in [-0.15, -0.1) is 11.8 Å². The summed E-state index contributed by atoms with van der Waals surface area (Å²) in [6.07, 6.45) is 3.56. The molecule has 0 amide bonds. The fourth-order valence-electron chi connectivity index (χ4n) is 2.45. The first-order chi connectivity index (χ1) is 13.9. The van der Waals surface area contributed by atoms with Gasteiger partial charge in [-0.1, -0.05) is 28.8 Å². The molecule has 2 rings (SSSR count). The predicted octanol–water partition coefficient (Wildman–Crippen LogP) is 5.78. The number of esters is 1. The summed E-state index contributed by atoms with van der Waals surface area (Å²) in [4.78, 5) is 33.4. The molecule has 0 heterocycles. The van der Waals surface area contributed by atoms with Crippen LogP contribution in [0, 0.1) is 20.2 Å². The summed E-state index contributed by atoms with van der Waals surface area (Å²) in [5.41, 5.74) is -1.24. The van der Waals surface area contributed by atoms with Crippen LogP contribution in [0.3, 0.4) is 0 Å². The maximum Gasteiger partial charge on any atom is 0.338 e. The van der Waals surface area contributed by atoms with E-state index in [0.717, 1.165) is 47.7 Å². The van der Waals surface area contributed by atoms with Crippen molar-refractivity contribution in [1.82, 2.24) is 0 Å². The fraction of sp³-hybridized carbons (Fsp3) is 0.316. The minimum Gasteiger partial charge on any atom is -0.462 e.